The smallest absolute Gasteiger partial charge is 0.257 e. The van der Waals surface area contributed by atoms with Crippen molar-refractivity contribution in [1.82, 2.24) is 15.5 Å². The van der Waals surface area contributed by atoms with E-state index in [0.29, 0.717) is 6.54 Å². The molecule has 2 aromatic rings. The Balaban J connectivity index is 1.64. The average Bonchev–Trinajstić information content (AvgIpc) is 2.88. The van der Waals surface area contributed by atoms with Crippen molar-refractivity contribution in [3.63, 3.8) is 0 Å². The summed E-state index contributed by atoms with van der Waals surface area (Å²) in [4.78, 5) is 11.6. The highest BCUT2D eigenvalue weighted by atomic mass is 19.1. The zero-order valence-electron chi connectivity index (χ0n) is 11.9. The third-order valence-corrected chi connectivity index (χ3v) is 3.07. The van der Waals surface area contributed by atoms with Crippen molar-refractivity contribution in [2.75, 3.05) is 13.2 Å². The number of aromatic amines is 1. The van der Waals surface area contributed by atoms with E-state index in [1.165, 1.54) is 12.1 Å². The van der Waals surface area contributed by atoms with Crippen molar-refractivity contribution in [1.29, 1.82) is 0 Å². The molecule has 0 saturated carbocycles. The number of para-hydroxylation sites is 1. The van der Waals surface area contributed by atoms with E-state index >= 15 is 0 Å². The number of benzene rings is 1. The summed E-state index contributed by atoms with van der Waals surface area (Å²) in [5.74, 6) is -0.649. The van der Waals surface area contributed by atoms with Crippen LogP contribution in [0.4, 0.5) is 4.39 Å². The van der Waals surface area contributed by atoms with Gasteiger partial charge in [0, 0.05) is 12.2 Å². The van der Waals surface area contributed by atoms with E-state index in [2.05, 4.69) is 15.5 Å². The number of nitrogens with one attached hydrogen (secondary N) is 2. The van der Waals surface area contributed by atoms with Gasteiger partial charge < -0.3 is 10.1 Å². The number of rotatable bonds is 7. The van der Waals surface area contributed by atoms with E-state index in [1.807, 2.05) is 6.92 Å². The number of carbonyl (C=O) groups is 1. The van der Waals surface area contributed by atoms with Crippen LogP contribution in [0.3, 0.4) is 0 Å². The molecule has 21 heavy (non-hydrogen) atoms. The minimum atomic E-state index is -0.472. The topological polar surface area (TPSA) is 67.0 Å². The van der Waals surface area contributed by atoms with Gasteiger partial charge in [-0.15, -0.1) is 0 Å². The Bertz CT molecular complexity index is 598. The van der Waals surface area contributed by atoms with Crippen LogP contribution in [0, 0.1) is 12.7 Å². The fraction of sp³-hybridized carbons (Fsp3) is 0.333. The molecule has 6 heteroatoms. The van der Waals surface area contributed by atoms with E-state index < -0.39 is 5.82 Å². The fourth-order valence-corrected chi connectivity index (χ4v) is 1.89. The molecular formula is C15H18FN3O2. The lowest BCUT2D eigenvalue weighted by molar-refractivity contribution is -0.123. The largest absolute Gasteiger partial charge is 0.481 e. The van der Waals surface area contributed by atoms with Gasteiger partial charge in [0.15, 0.2) is 18.2 Å². The van der Waals surface area contributed by atoms with Gasteiger partial charge in [-0.05, 0) is 37.5 Å². The van der Waals surface area contributed by atoms with Gasteiger partial charge >= 0.3 is 0 Å². The summed E-state index contributed by atoms with van der Waals surface area (Å²) in [5.41, 5.74) is 2.19. The molecule has 0 aliphatic rings. The number of H-pyrrole nitrogens is 1. The fourth-order valence-electron chi connectivity index (χ4n) is 1.89. The van der Waals surface area contributed by atoms with Crippen molar-refractivity contribution < 1.29 is 13.9 Å². The molecule has 5 nitrogen and oxygen atoms in total. The highest BCUT2D eigenvalue weighted by Gasteiger charge is 2.06. The van der Waals surface area contributed by atoms with Crippen LogP contribution in [-0.4, -0.2) is 29.3 Å². The SMILES string of the molecule is Cc1[nH]ncc1CCCNC(=O)COc1ccccc1F. The van der Waals surface area contributed by atoms with Crippen LogP contribution in [0.1, 0.15) is 17.7 Å². The minimum Gasteiger partial charge on any atom is -0.481 e. The molecule has 0 saturated heterocycles. The predicted octanol–water partition coefficient (Wildman–Crippen LogP) is 1.99. The van der Waals surface area contributed by atoms with E-state index in [-0.39, 0.29) is 18.3 Å². The van der Waals surface area contributed by atoms with Crippen LogP contribution in [0.5, 0.6) is 5.75 Å². The van der Waals surface area contributed by atoms with Crippen LogP contribution in [0.2, 0.25) is 0 Å². The Kier molecular flexibility index (Phi) is 5.31. The van der Waals surface area contributed by atoms with Crippen LogP contribution in [-0.2, 0) is 11.2 Å². The number of halogens is 1. The molecule has 0 unspecified atom stereocenters. The Morgan fingerprint density at radius 2 is 2.24 bits per heavy atom. The number of hydrogen-bond donors (Lipinski definition) is 2. The molecule has 0 aliphatic heterocycles. The molecule has 2 rings (SSSR count). The molecule has 1 aromatic carbocycles. The zero-order chi connectivity index (χ0) is 15.1. The lowest BCUT2D eigenvalue weighted by atomic mass is 10.1. The second-order valence-electron chi connectivity index (χ2n) is 4.69. The monoisotopic (exact) mass is 291 g/mol. The van der Waals surface area contributed by atoms with Crippen LogP contribution in [0.25, 0.3) is 0 Å². The Hall–Kier alpha value is -2.37. The first kappa shape index (κ1) is 15.0. The molecular weight excluding hydrogens is 273 g/mol. The Labute approximate surface area is 122 Å². The number of amides is 1. The molecule has 1 aromatic heterocycles. The summed E-state index contributed by atoms with van der Waals surface area (Å²) in [6, 6.07) is 6.01. The minimum absolute atomic E-state index is 0.0849. The number of hydrogen-bond acceptors (Lipinski definition) is 3. The van der Waals surface area contributed by atoms with Gasteiger partial charge in [0.2, 0.25) is 0 Å². The maximum Gasteiger partial charge on any atom is 0.257 e. The molecule has 1 heterocycles. The molecule has 0 atom stereocenters. The van der Waals surface area contributed by atoms with E-state index in [9.17, 15) is 9.18 Å². The van der Waals surface area contributed by atoms with Crippen LogP contribution in [0.15, 0.2) is 30.5 Å². The quantitative estimate of drug-likeness (QED) is 0.767. The van der Waals surface area contributed by atoms with Gasteiger partial charge in [0.1, 0.15) is 0 Å². The molecule has 0 fully saturated rings. The molecule has 1 amide bonds. The predicted molar refractivity (Wildman–Crippen MR) is 76.6 cm³/mol. The number of aryl methyl sites for hydroxylation is 2. The molecule has 0 aliphatic carbocycles. The Morgan fingerprint density at radius 3 is 2.95 bits per heavy atom. The maximum absolute atomic E-state index is 13.3. The zero-order valence-corrected chi connectivity index (χ0v) is 11.9. The summed E-state index contributed by atoms with van der Waals surface area (Å²) in [5, 5.41) is 9.55. The van der Waals surface area contributed by atoms with Gasteiger partial charge in [-0.3, -0.25) is 9.89 Å². The van der Waals surface area contributed by atoms with Crippen LogP contribution >= 0.6 is 0 Å². The summed E-state index contributed by atoms with van der Waals surface area (Å²) in [7, 11) is 0. The van der Waals surface area contributed by atoms with Crippen molar-refractivity contribution >= 4 is 5.91 Å². The first-order valence-electron chi connectivity index (χ1n) is 6.79. The summed E-state index contributed by atoms with van der Waals surface area (Å²) < 4.78 is 18.4. The molecule has 0 spiro atoms. The van der Waals surface area contributed by atoms with Crippen molar-refractivity contribution in [2.24, 2.45) is 0 Å². The van der Waals surface area contributed by atoms with E-state index in [1.54, 1.807) is 18.3 Å². The van der Waals surface area contributed by atoms with Gasteiger partial charge in [-0.1, -0.05) is 12.1 Å². The number of nitrogens with zero attached hydrogens (tertiary/aromatic N) is 1. The van der Waals surface area contributed by atoms with E-state index in [0.717, 1.165) is 24.1 Å². The lowest BCUT2D eigenvalue weighted by Gasteiger charge is -2.08. The van der Waals surface area contributed by atoms with Crippen molar-refractivity contribution in [3.05, 3.63) is 47.5 Å². The lowest BCUT2D eigenvalue weighted by Crippen LogP contribution is -2.30. The third-order valence-electron chi connectivity index (χ3n) is 3.07. The second-order valence-corrected chi connectivity index (χ2v) is 4.69. The Morgan fingerprint density at radius 1 is 1.43 bits per heavy atom. The van der Waals surface area contributed by atoms with Gasteiger partial charge in [-0.25, -0.2) is 4.39 Å². The highest BCUT2D eigenvalue weighted by molar-refractivity contribution is 5.77. The number of ether oxygens (including phenoxy) is 1. The van der Waals surface area contributed by atoms with E-state index in [4.69, 9.17) is 4.74 Å². The third kappa shape index (κ3) is 4.59. The first-order chi connectivity index (χ1) is 10.2. The van der Waals surface area contributed by atoms with Crippen molar-refractivity contribution in [2.45, 2.75) is 19.8 Å². The highest BCUT2D eigenvalue weighted by Crippen LogP contribution is 2.14. The van der Waals surface area contributed by atoms with Crippen LogP contribution < -0.4 is 10.1 Å². The molecule has 112 valence electrons. The summed E-state index contributed by atoms with van der Waals surface area (Å²) in [6.45, 7) is 2.32. The van der Waals surface area contributed by atoms with Gasteiger partial charge in [-0.2, -0.15) is 5.10 Å². The standard InChI is InChI=1S/C15H18FN3O2/c1-11-12(9-18-19-11)5-4-8-17-15(20)10-21-14-7-3-2-6-13(14)16/h2-3,6-7,9H,4-5,8,10H2,1H3,(H,17,20)(H,18,19). The molecule has 2 N–H and O–H groups in total. The van der Waals surface area contributed by atoms with Gasteiger partial charge in [0.05, 0.1) is 6.20 Å². The second kappa shape index (κ2) is 7.42. The average molecular weight is 291 g/mol. The maximum atomic E-state index is 13.3. The summed E-state index contributed by atoms with van der Waals surface area (Å²) in [6.07, 6.45) is 3.45. The number of carbonyl (C=O) groups excluding carboxylic acids is 1. The first-order valence-corrected chi connectivity index (χ1v) is 6.79. The number of aromatic nitrogens is 2. The molecule has 0 bridgehead atoms. The van der Waals surface area contributed by atoms with Crippen molar-refractivity contribution in [3.8, 4) is 5.75 Å². The normalized spacial score (nSPS) is 10.4. The van der Waals surface area contributed by atoms with Gasteiger partial charge in [0.25, 0.3) is 5.91 Å². The molecule has 0 radical (unpaired) electrons. The summed E-state index contributed by atoms with van der Waals surface area (Å²) >= 11 is 0.